The van der Waals surface area contributed by atoms with Gasteiger partial charge in [-0.2, -0.15) is 0 Å². The molecule has 0 saturated carbocycles. The molecule has 0 bridgehead atoms. The second-order valence-electron chi connectivity index (χ2n) is 7.41. The van der Waals surface area contributed by atoms with Gasteiger partial charge in [-0.3, -0.25) is 4.79 Å². The van der Waals surface area contributed by atoms with Gasteiger partial charge in [0.15, 0.2) is 6.61 Å². The summed E-state index contributed by atoms with van der Waals surface area (Å²) < 4.78 is 38.1. The number of fused-ring (bicyclic) bond motifs is 1. The van der Waals surface area contributed by atoms with Crippen molar-refractivity contribution in [2.75, 3.05) is 25.6 Å². The molecule has 3 rings (SSSR count). The molecule has 1 heterocycles. The van der Waals surface area contributed by atoms with E-state index in [2.05, 4.69) is 10.0 Å². The van der Waals surface area contributed by atoms with Gasteiger partial charge in [-0.05, 0) is 59.8 Å². The maximum absolute atomic E-state index is 12.2. The third-order valence-electron chi connectivity index (χ3n) is 4.37. The van der Waals surface area contributed by atoms with Crippen LogP contribution in [0.2, 0.25) is 0 Å². The molecule has 0 aliphatic carbocycles. The number of hydrogen-bond acceptors (Lipinski definition) is 7. The number of nitrogens with one attached hydrogen (secondary N) is 2. The highest BCUT2D eigenvalue weighted by atomic mass is 32.2. The van der Waals surface area contributed by atoms with Gasteiger partial charge in [0.2, 0.25) is 10.0 Å². The van der Waals surface area contributed by atoms with Crippen LogP contribution in [0, 0.1) is 5.92 Å². The van der Waals surface area contributed by atoms with Crippen LogP contribution < -0.4 is 14.8 Å². The fourth-order valence-corrected chi connectivity index (χ4v) is 4.92. The smallest absolute Gasteiger partial charge is 0.348 e. The normalized spacial score (nSPS) is 11.5. The van der Waals surface area contributed by atoms with Gasteiger partial charge in [0.25, 0.3) is 5.91 Å². The Labute approximate surface area is 190 Å². The zero-order valence-corrected chi connectivity index (χ0v) is 19.5. The van der Waals surface area contributed by atoms with E-state index in [0.29, 0.717) is 22.9 Å². The Morgan fingerprint density at radius 2 is 1.78 bits per heavy atom. The molecule has 0 atom stereocenters. The lowest BCUT2D eigenvalue weighted by Crippen LogP contribution is -2.27. The summed E-state index contributed by atoms with van der Waals surface area (Å²) in [5.74, 6) is -0.206. The first kappa shape index (κ1) is 23.7. The van der Waals surface area contributed by atoms with Gasteiger partial charge < -0.3 is 14.8 Å². The van der Waals surface area contributed by atoms with Crippen molar-refractivity contribution in [2.45, 2.75) is 18.7 Å². The molecule has 8 nitrogen and oxygen atoms in total. The zero-order chi connectivity index (χ0) is 23.3. The van der Waals surface area contributed by atoms with Crippen molar-refractivity contribution in [1.29, 1.82) is 0 Å². The van der Waals surface area contributed by atoms with Gasteiger partial charge in [0.1, 0.15) is 10.6 Å². The van der Waals surface area contributed by atoms with Crippen molar-refractivity contribution in [3.63, 3.8) is 0 Å². The minimum Gasteiger partial charge on any atom is -0.484 e. The Morgan fingerprint density at radius 1 is 1.06 bits per heavy atom. The molecule has 0 aliphatic heterocycles. The fraction of sp³-hybridized carbons (Fsp3) is 0.273. The van der Waals surface area contributed by atoms with Gasteiger partial charge in [0.05, 0.1) is 12.0 Å². The fourth-order valence-electron chi connectivity index (χ4n) is 2.74. The first-order chi connectivity index (χ1) is 15.2. The number of esters is 1. The van der Waals surface area contributed by atoms with E-state index in [4.69, 9.17) is 9.47 Å². The molecule has 1 amide bonds. The van der Waals surface area contributed by atoms with Gasteiger partial charge in [-0.1, -0.05) is 13.8 Å². The Bertz CT molecular complexity index is 1220. The first-order valence-corrected chi connectivity index (χ1v) is 12.1. The number of carbonyl (C=O) groups is 2. The summed E-state index contributed by atoms with van der Waals surface area (Å²) >= 11 is 1.31. The van der Waals surface area contributed by atoms with Crippen molar-refractivity contribution in [3.05, 3.63) is 53.4 Å². The Hall–Kier alpha value is -2.95. The van der Waals surface area contributed by atoms with Crippen molar-refractivity contribution >= 4 is 49.0 Å². The number of sulfonamides is 1. The van der Waals surface area contributed by atoms with Gasteiger partial charge in [-0.15, -0.1) is 11.3 Å². The number of rotatable bonds is 9. The predicted octanol–water partition coefficient (Wildman–Crippen LogP) is 3.64. The molecular weight excluding hydrogens is 452 g/mol. The van der Waals surface area contributed by atoms with Crippen LogP contribution in [-0.2, 0) is 19.6 Å². The van der Waals surface area contributed by atoms with Gasteiger partial charge >= 0.3 is 5.97 Å². The van der Waals surface area contributed by atoms with Crippen molar-refractivity contribution in [1.82, 2.24) is 4.72 Å². The molecular formula is C22H24N2O6S2. The summed E-state index contributed by atoms with van der Waals surface area (Å²) in [7, 11) is -2.25. The first-order valence-electron chi connectivity index (χ1n) is 9.82. The van der Waals surface area contributed by atoms with E-state index in [1.54, 1.807) is 18.2 Å². The Morgan fingerprint density at radius 3 is 2.44 bits per heavy atom. The van der Waals surface area contributed by atoms with Gasteiger partial charge in [-0.25, -0.2) is 17.9 Å². The van der Waals surface area contributed by atoms with E-state index in [0.717, 1.165) is 10.1 Å². The highest BCUT2D eigenvalue weighted by Crippen LogP contribution is 2.28. The molecule has 0 fully saturated rings. The molecule has 0 radical (unpaired) electrons. The third-order valence-corrected chi connectivity index (χ3v) is 6.91. The number of amides is 1. The molecule has 170 valence electrons. The Balaban J connectivity index is 1.57. The lowest BCUT2D eigenvalue weighted by atomic mass is 10.2. The molecule has 0 saturated heterocycles. The summed E-state index contributed by atoms with van der Waals surface area (Å²) in [6.07, 6.45) is 0. The average Bonchev–Trinajstić information content (AvgIpc) is 3.19. The van der Waals surface area contributed by atoms with Crippen molar-refractivity contribution in [3.8, 4) is 5.75 Å². The standard InChI is InChI=1S/C22H24N2O6S2/c1-14(2)12-23-32(27,28)18-7-5-17(6-8-18)30-13-21(25)24-16-4-9-19-15(10-16)11-20(31-19)22(26)29-3/h4-11,14,23H,12-13H2,1-3H3,(H,24,25). The molecule has 3 aromatic rings. The molecule has 0 spiro atoms. The highest BCUT2D eigenvalue weighted by molar-refractivity contribution is 7.89. The highest BCUT2D eigenvalue weighted by Gasteiger charge is 2.15. The van der Waals surface area contributed by atoms with Gasteiger partial charge in [0, 0.05) is 16.9 Å². The molecule has 32 heavy (non-hydrogen) atoms. The van der Waals surface area contributed by atoms with E-state index >= 15 is 0 Å². The SMILES string of the molecule is COC(=O)c1cc2cc(NC(=O)COc3ccc(S(=O)(=O)NCC(C)C)cc3)ccc2s1. The molecule has 2 N–H and O–H groups in total. The van der Waals surface area contributed by atoms with Crippen LogP contribution in [0.25, 0.3) is 10.1 Å². The number of anilines is 1. The van der Waals surface area contributed by atoms with E-state index in [1.165, 1.54) is 42.7 Å². The summed E-state index contributed by atoms with van der Waals surface area (Å²) in [6.45, 7) is 3.94. The maximum atomic E-state index is 12.2. The predicted molar refractivity (Wildman–Crippen MR) is 124 cm³/mol. The topological polar surface area (TPSA) is 111 Å². The number of benzene rings is 2. The quantitative estimate of drug-likeness (QED) is 0.456. The van der Waals surface area contributed by atoms with Crippen LogP contribution in [0.4, 0.5) is 5.69 Å². The summed E-state index contributed by atoms with van der Waals surface area (Å²) in [6, 6.07) is 12.9. The van der Waals surface area contributed by atoms with Crippen LogP contribution in [0.15, 0.2) is 53.4 Å². The summed E-state index contributed by atoms with van der Waals surface area (Å²) in [4.78, 5) is 24.5. The van der Waals surface area contributed by atoms with E-state index in [1.807, 2.05) is 19.9 Å². The average molecular weight is 477 g/mol. The van der Waals surface area contributed by atoms with Crippen molar-refractivity contribution < 1.29 is 27.5 Å². The minimum absolute atomic E-state index is 0.130. The van der Waals surface area contributed by atoms with E-state index in [9.17, 15) is 18.0 Å². The second kappa shape index (κ2) is 10.1. The molecule has 1 aromatic heterocycles. The largest absolute Gasteiger partial charge is 0.484 e. The number of hydrogen-bond donors (Lipinski definition) is 2. The van der Waals surface area contributed by atoms with Crippen LogP contribution in [-0.4, -0.2) is 40.6 Å². The van der Waals surface area contributed by atoms with Crippen molar-refractivity contribution in [2.24, 2.45) is 5.92 Å². The Kier molecular flexibility index (Phi) is 7.49. The minimum atomic E-state index is -3.58. The molecule has 0 aliphatic rings. The van der Waals surface area contributed by atoms with Crippen LogP contribution in [0.5, 0.6) is 5.75 Å². The lowest BCUT2D eigenvalue weighted by Gasteiger charge is -2.10. The molecule has 0 unspecified atom stereocenters. The van der Waals surface area contributed by atoms with E-state index in [-0.39, 0.29) is 23.3 Å². The number of thiophene rings is 1. The molecule has 10 heteroatoms. The summed E-state index contributed by atoms with van der Waals surface area (Å²) in [5.41, 5.74) is 0.568. The lowest BCUT2D eigenvalue weighted by molar-refractivity contribution is -0.118. The molecule has 2 aromatic carbocycles. The van der Waals surface area contributed by atoms with Crippen LogP contribution in [0.3, 0.4) is 0 Å². The third kappa shape index (κ3) is 6.06. The van der Waals surface area contributed by atoms with Crippen LogP contribution in [0.1, 0.15) is 23.5 Å². The summed E-state index contributed by atoms with van der Waals surface area (Å²) in [5, 5.41) is 3.55. The monoisotopic (exact) mass is 476 g/mol. The second-order valence-corrected chi connectivity index (χ2v) is 10.3. The van der Waals surface area contributed by atoms with E-state index < -0.39 is 16.0 Å². The zero-order valence-electron chi connectivity index (χ0n) is 17.9. The number of ether oxygens (including phenoxy) is 2. The maximum Gasteiger partial charge on any atom is 0.348 e. The van der Waals surface area contributed by atoms with Crippen LogP contribution >= 0.6 is 11.3 Å². The number of carbonyl (C=O) groups excluding carboxylic acids is 2. The number of methoxy groups -OCH3 is 1.